The van der Waals surface area contributed by atoms with E-state index in [4.69, 9.17) is 9.47 Å². The lowest BCUT2D eigenvalue weighted by atomic mass is 10.0. The Hall–Kier alpha value is -2.85. The summed E-state index contributed by atoms with van der Waals surface area (Å²) in [7, 11) is 0. The van der Waals surface area contributed by atoms with Crippen LogP contribution in [-0.2, 0) is 9.53 Å². The standard InChI is InChI=1S/C23H17BrO3/c1-2-26-21-12-9-15-5-3-4-6-19(15)20(21)13-17-14-22(27-23(17)25)16-7-10-18(24)11-8-16/h3-14H,2H2,1H3/b17-13+. The van der Waals surface area contributed by atoms with Crippen molar-refractivity contribution in [3.05, 3.63) is 87.9 Å². The maximum Gasteiger partial charge on any atom is 0.343 e. The van der Waals surface area contributed by atoms with E-state index in [1.54, 1.807) is 6.08 Å². The van der Waals surface area contributed by atoms with Gasteiger partial charge in [0, 0.05) is 15.6 Å². The van der Waals surface area contributed by atoms with E-state index in [0.717, 1.165) is 32.1 Å². The molecule has 0 aromatic heterocycles. The number of hydrogen-bond donors (Lipinski definition) is 0. The predicted octanol–water partition coefficient (Wildman–Crippen LogP) is 5.98. The van der Waals surface area contributed by atoms with E-state index in [9.17, 15) is 4.79 Å². The molecular formula is C23H17BrO3. The average Bonchev–Trinajstić information content (AvgIpc) is 3.05. The van der Waals surface area contributed by atoms with E-state index in [2.05, 4.69) is 15.9 Å². The number of rotatable bonds is 4. The van der Waals surface area contributed by atoms with Gasteiger partial charge in [0.05, 0.1) is 12.2 Å². The van der Waals surface area contributed by atoms with Crippen molar-refractivity contribution < 1.29 is 14.3 Å². The Morgan fingerprint density at radius 2 is 1.81 bits per heavy atom. The van der Waals surface area contributed by atoms with Crippen LogP contribution in [0.25, 0.3) is 22.6 Å². The van der Waals surface area contributed by atoms with Gasteiger partial charge in [0.15, 0.2) is 0 Å². The number of halogens is 1. The number of esters is 1. The fourth-order valence-electron chi connectivity index (χ4n) is 3.11. The maximum absolute atomic E-state index is 12.4. The summed E-state index contributed by atoms with van der Waals surface area (Å²) in [5.74, 6) is 0.947. The molecule has 0 amide bonds. The zero-order valence-corrected chi connectivity index (χ0v) is 16.3. The third-order valence-corrected chi connectivity index (χ3v) is 4.91. The van der Waals surface area contributed by atoms with Crippen LogP contribution in [0.15, 0.2) is 76.8 Å². The monoisotopic (exact) mass is 420 g/mol. The number of benzene rings is 3. The molecule has 3 nitrogen and oxygen atoms in total. The van der Waals surface area contributed by atoms with Gasteiger partial charge in [-0.1, -0.05) is 58.4 Å². The summed E-state index contributed by atoms with van der Waals surface area (Å²) in [5.41, 5.74) is 2.25. The van der Waals surface area contributed by atoms with Gasteiger partial charge in [-0.2, -0.15) is 0 Å². The van der Waals surface area contributed by atoms with Gasteiger partial charge in [-0.25, -0.2) is 4.79 Å². The SMILES string of the molecule is CCOc1ccc2ccccc2c1/C=C1\C=C(c2ccc(Br)cc2)OC1=O. The first-order valence-electron chi connectivity index (χ1n) is 8.72. The summed E-state index contributed by atoms with van der Waals surface area (Å²) in [4.78, 5) is 12.4. The van der Waals surface area contributed by atoms with Gasteiger partial charge in [-0.3, -0.25) is 0 Å². The number of hydrogen-bond acceptors (Lipinski definition) is 3. The van der Waals surface area contributed by atoms with Crippen LogP contribution in [0.4, 0.5) is 0 Å². The van der Waals surface area contributed by atoms with Crippen molar-refractivity contribution in [2.75, 3.05) is 6.61 Å². The Kier molecular flexibility index (Phi) is 4.82. The minimum atomic E-state index is -0.358. The molecule has 0 saturated carbocycles. The van der Waals surface area contributed by atoms with Gasteiger partial charge in [-0.15, -0.1) is 0 Å². The molecule has 0 aliphatic carbocycles. The zero-order chi connectivity index (χ0) is 18.8. The second-order valence-corrected chi connectivity index (χ2v) is 7.05. The van der Waals surface area contributed by atoms with Crippen molar-refractivity contribution in [1.29, 1.82) is 0 Å². The molecule has 3 aromatic carbocycles. The van der Waals surface area contributed by atoms with Crippen LogP contribution in [0.2, 0.25) is 0 Å². The highest BCUT2D eigenvalue weighted by Crippen LogP contribution is 2.33. The van der Waals surface area contributed by atoms with E-state index in [-0.39, 0.29) is 5.97 Å². The molecule has 0 saturated heterocycles. The molecule has 1 heterocycles. The topological polar surface area (TPSA) is 35.5 Å². The fraction of sp³-hybridized carbons (Fsp3) is 0.0870. The highest BCUT2D eigenvalue weighted by atomic mass is 79.9. The number of carbonyl (C=O) groups is 1. The van der Waals surface area contributed by atoms with Crippen LogP contribution in [0.1, 0.15) is 18.1 Å². The van der Waals surface area contributed by atoms with Crippen molar-refractivity contribution in [3.8, 4) is 5.75 Å². The van der Waals surface area contributed by atoms with Gasteiger partial charge in [-0.05, 0) is 48.0 Å². The van der Waals surface area contributed by atoms with Crippen molar-refractivity contribution in [3.63, 3.8) is 0 Å². The maximum atomic E-state index is 12.4. The third kappa shape index (κ3) is 3.53. The summed E-state index contributed by atoms with van der Waals surface area (Å²) in [6, 6.07) is 19.7. The Morgan fingerprint density at radius 1 is 1.04 bits per heavy atom. The van der Waals surface area contributed by atoms with Gasteiger partial charge >= 0.3 is 5.97 Å². The normalized spacial score (nSPS) is 15.1. The molecule has 0 bridgehead atoms. The average molecular weight is 421 g/mol. The van der Waals surface area contributed by atoms with Crippen molar-refractivity contribution in [1.82, 2.24) is 0 Å². The molecule has 4 rings (SSSR count). The van der Waals surface area contributed by atoms with Crippen LogP contribution in [0.3, 0.4) is 0 Å². The molecule has 27 heavy (non-hydrogen) atoms. The molecule has 0 N–H and O–H groups in total. The largest absolute Gasteiger partial charge is 0.493 e. The molecule has 0 radical (unpaired) electrons. The molecular weight excluding hydrogens is 404 g/mol. The van der Waals surface area contributed by atoms with E-state index >= 15 is 0 Å². The molecule has 1 aliphatic rings. The quantitative estimate of drug-likeness (QED) is 0.384. The van der Waals surface area contributed by atoms with E-state index in [0.29, 0.717) is 17.9 Å². The Morgan fingerprint density at radius 3 is 2.59 bits per heavy atom. The Labute approximate surface area is 166 Å². The van der Waals surface area contributed by atoms with Crippen LogP contribution < -0.4 is 4.74 Å². The van der Waals surface area contributed by atoms with Crippen molar-refractivity contribution >= 4 is 44.5 Å². The molecule has 0 spiro atoms. The predicted molar refractivity (Wildman–Crippen MR) is 111 cm³/mol. The number of fused-ring (bicyclic) bond motifs is 1. The molecule has 3 aromatic rings. The lowest BCUT2D eigenvalue weighted by molar-refractivity contribution is -0.130. The van der Waals surface area contributed by atoms with Crippen LogP contribution in [0.5, 0.6) is 5.75 Å². The smallest absolute Gasteiger partial charge is 0.343 e. The minimum Gasteiger partial charge on any atom is -0.493 e. The summed E-state index contributed by atoms with van der Waals surface area (Å²) >= 11 is 3.42. The first-order valence-corrected chi connectivity index (χ1v) is 9.51. The van der Waals surface area contributed by atoms with Crippen LogP contribution in [-0.4, -0.2) is 12.6 Å². The first-order chi connectivity index (χ1) is 13.2. The molecule has 0 fully saturated rings. The number of carbonyl (C=O) groups excluding carboxylic acids is 1. The molecule has 4 heteroatoms. The fourth-order valence-corrected chi connectivity index (χ4v) is 3.37. The summed E-state index contributed by atoms with van der Waals surface area (Å²) in [5, 5.41) is 2.13. The molecule has 0 unspecified atom stereocenters. The van der Waals surface area contributed by atoms with Gasteiger partial charge in [0.1, 0.15) is 11.5 Å². The van der Waals surface area contributed by atoms with Crippen LogP contribution in [0, 0.1) is 0 Å². The minimum absolute atomic E-state index is 0.358. The highest BCUT2D eigenvalue weighted by Gasteiger charge is 2.23. The first kappa shape index (κ1) is 17.6. The summed E-state index contributed by atoms with van der Waals surface area (Å²) in [6.45, 7) is 2.50. The van der Waals surface area contributed by atoms with Gasteiger partial charge < -0.3 is 9.47 Å². The summed E-state index contributed by atoms with van der Waals surface area (Å²) in [6.07, 6.45) is 3.63. The zero-order valence-electron chi connectivity index (χ0n) is 14.7. The Balaban J connectivity index is 1.82. The van der Waals surface area contributed by atoms with Gasteiger partial charge in [0.25, 0.3) is 0 Å². The lowest BCUT2D eigenvalue weighted by Gasteiger charge is -2.11. The second kappa shape index (κ2) is 7.41. The number of cyclic esters (lactones) is 1. The Bertz CT molecular complexity index is 1080. The summed E-state index contributed by atoms with van der Waals surface area (Å²) < 4.78 is 12.3. The van der Waals surface area contributed by atoms with E-state index in [1.807, 2.05) is 73.7 Å². The third-order valence-electron chi connectivity index (χ3n) is 4.38. The van der Waals surface area contributed by atoms with Gasteiger partial charge in [0.2, 0.25) is 0 Å². The van der Waals surface area contributed by atoms with Crippen molar-refractivity contribution in [2.45, 2.75) is 6.92 Å². The second-order valence-electron chi connectivity index (χ2n) is 6.14. The highest BCUT2D eigenvalue weighted by molar-refractivity contribution is 9.10. The van der Waals surface area contributed by atoms with E-state index in [1.165, 1.54) is 0 Å². The van der Waals surface area contributed by atoms with E-state index < -0.39 is 0 Å². The lowest BCUT2D eigenvalue weighted by Crippen LogP contribution is -1.99. The number of ether oxygens (including phenoxy) is 2. The molecule has 134 valence electrons. The van der Waals surface area contributed by atoms with Crippen molar-refractivity contribution in [2.24, 2.45) is 0 Å². The molecule has 0 atom stereocenters. The van der Waals surface area contributed by atoms with Crippen LogP contribution >= 0.6 is 15.9 Å². The molecule has 1 aliphatic heterocycles.